The molecule has 0 aliphatic carbocycles. The summed E-state index contributed by atoms with van der Waals surface area (Å²) in [6.07, 6.45) is 1.12. The van der Waals surface area contributed by atoms with Crippen LogP contribution < -0.4 is 5.32 Å². The molecule has 1 unspecified atom stereocenters. The van der Waals surface area contributed by atoms with Gasteiger partial charge in [0.2, 0.25) is 0 Å². The van der Waals surface area contributed by atoms with Crippen LogP contribution in [0.5, 0.6) is 0 Å². The van der Waals surface area contributed by atoms with Crippen molar-refractivity contribution in [1.82, 2.24) is 10.2 Å². The molecule has 1 heterocycles. The minimum Gasteiger partial charge on any atom is -0.481 e. The van der Waals surface area contributed by atoms with Crippen LogP contribution in [0.1, 0.15) is 13.3 Å². The van der Waals surface area contributed by atoms with Crippen molar-refractivity contribution in [1.29, 1.82) is 0 Å². The molecule has 1 aliphatic heterocycles. The number of nitrogens with zero attached hydrogens (tertiary/aromatic N) is 1. The fraction of sp³-hybridized carbons (Fsp3) is 0.889. The van der Waals surface area contributed by atoms with Gasteiger partial charge in [-0.3, -0.25) is 4.79 Å². The molecule has 1 rings (SSSR count). The molecule has 13 heavy (non-hydrogen) atoms. The van der Waals surface area contributed by atoms with Crippen LogP contribution in [0, 0.1) is 5.92 Å². The molecule has 0 spiro atoms. The molecule has 0 amide bonds. The minimum absolute atomic E-state index is 0.252. The highest BCUT2D eigenvalue weighted by Crippen LogP contribution is 2.02. The predicted molar refractivity (Wildman–Crippen MR) is 50.7 cm³/mol. The van der Waals surface area contributed by atoms with Gasteiger partial charge in [0, 0.05) is 19.6 Å². The molecule has 1 atom stereocenters. The zero-order valence-electron chi connectivity index (χ0n) is 8.12. The second-order valence-electron chi connectivity index (χ2n) is 3.64. The van der Waals surface area contributed by atoms with Crippen LogP contribution in [0.2, 0.25) is 0 Å². The minimum atomic E-state index is -0.697. The highest BCUT2D eigenvalue weighted by atomic mass is 16.4. The molecular weight excluding hydrogens is 168 g/mol. The fourth-order valence-corrected chi connectivity index (χ4v) is 1.55. The highest BCUT2D eigenvalue weighted by Gasteiger charge is 2.16. The van der Waals surface area contributed by atoms with Crippen molar-refractivity contribution in [2.45, 2.75) is 13.3 Å². The molecule has 1 fully saturated rings. The van der Waals surface area contributed by atoms with Gasteiger partial charge in [-0.25, -0.2) is 0 Å². The number of carbonyl (C=O) groups is 1. The van der Waals surface area contributed by atoms with E-state index in [1.54, 1.807) is 6.92 Å². The van der Waals surface area contributed by atoms with Gasteiger partial charge < -0.3 is 15.3 Å². The lowest BCUT2D eigenvalue weighted by Crippen LogP contribution is -2.34. The number of carboxylic acids is 1. The van der Waals surface area contributed by atoms with Crippen LogP contribution >= 0.6 is 0 Å². The maximum Gasteiger partial charge on any atom is 0.307 e. The van der Waals surface area contributed by atoms with E-state index >= 15 is 0 Å². The Kier molecular flexibility index (Phi) is 4.18. The summed E-state index contributed by atoms with van der Waals surface area (Å²) in [7, 11) is 0. The van der Waals surface area contributed by atoms with Crippen LogP contribution in [-0.2, 0) is 4.79 Å². The van der Waals surface area contributed by atoms with E-state index in [9.17, 15) is 4.79 Å². The smallest absolute Gasteiger partial charge is 0.307 e. The van der Waals surface area contributed by atoms with E-state index in [1.807, 2.05) is 0 Å². The van der Waals surface area contributed by atoms with E-state index in [4.69, 9.17) is 5.11 Å². The summed E-state index contributed by atoms with van der Waals surface area (Å²) < 4.78 is 0. The Labute approximate surface area is 78.9 Å². The molecule has 2 N–H and O–H groups in total. The summed E-state index contributed by atoms with van der Waals surface area (Å²) >= 11 is 0. The van der Waals surface area contributed by atoms with Crippen LogP contribution in [0.15, 0.2) is 0 Å². The summed E-state index contributed by atoms with van der Waals surface area (Å²) in [5.74, 6) is -0.949. The maximum absolute atomic E-state index is 10.6. The third-order valence-electron chi connectivity index (χ3n) is 2.39. The van der Waals surface area contributed by atoms with Gasteiger partial charge in [0.25, 0.3) is 0 Å². The number of hydrogen-bond donors (Lipinski definition) is 2. The summed E-state index contributed by atoms with van der Waals surface area (Å²) in [6.45, 7) is 6.46. The van der Waals surface area contributed by atoms with Gasteiger partial charge in [-0.15, -0.1) is 0 Å². The Morgan fingerprint density at radius 2 is 2.31 bits per heavy atom. The van der Waals surface area contributed by atoms with Crippen molar-refractivity contribution in [3.63, 3.8) is 0 Å². The molecule has 4 nitrogen and oxygen atoms in total. The van der Waals surface area contributed by atoms with Crippen molar-refractivity contribution < 1.29 is 9.90 Å². The highest BCUT2D eigenvalue weighted by molar-refractivity contribution is 5.69. The zero-order chi connectivity index (χ0) is 9.68. The van der Waals surface area contributed by atoms with Gasteiger partial charge in [-0.2, -0.15) is 0 Å². The average molecular weight is 186 g/mol. The molecule has 76 valence electrons. The number of carboxylic acid groups (broad SMARTS) is 1. The summed E-state index contributed by atoms with van der Waals surface area (Å²) in [6, 6.07) is 0. The largest absolute Gasteiger partial charge is 0.481 e. The van der Waals surface area contributed by atoms with Crippen molar-refractivity contribution in [3.05, 3.63) is 0 Å². The van der Waals surface area contributed by atoms with Crippen LogP contribution in [0.4, 0.5) is 0 Å². The Morgan fingerprint density at radius 3 is 3.00 bits per heavy atom. The van der Waals surface area contributed by atoms with Crippen LogP contribution in [0.3, 0.4) is 0 Å². The Morgan fingerprint density at radius 1 is 1.54 bits per heavy atom. The molecule has 0 aromatic carbocycles. The molecule has 0 aromatic rings. The van der Waals surface area contributed by atoms with Gasteiger partial charge in [0.05, 0.1) is 5.92 Å². The monoisotopic (exact) mass is 186 g/mol. The second-order valence-corrected chi connectivity index (χ2v) is 3.64. The van der Waals surface area contributed by atoms with Gasteiger partial charge in [-0.05, 0) is 19.5 Å². The van der Waals surface area contributed by atoms with E-state index in [0.717, 1.165) is 32.6 Å². The quantitative estimate of drug-likeness (QED) is 0.651. The van der Waals surface area contributed by atoms with E-state index in [2.05, 4.69) is 10.2 Å². The average Bonchev–Trinajstić information content (AvgIpc) is 2.32. The molecule has 0 saturated carbocycles. The van der Waals surface area contributed by atoms with Gasteiger partial charge >= 0.3 is 5.97 Å². The van der Waals surface area contributed by atoms with E-state index in [-0.39, 0.29) is 5.92 Å². The first-order valence-electron chi connectivity index (χ1n) is 4.86. The first-order chi connectivity index (χ1) is 6.20. The number of rotatable bonds is 3. The molecule has 0 aromatic heterocycles. The standard InChI is InChI=1S/C9H18N2O2/c1-8(9(12)13)7-11-5-2-3-10-4-6-11/h8,10H,2-7H2,1H3,(H,12,13). The van der Waals surface area contributed by atoms with Gasteiger partial charge in [0.15, 0.2) is 0 Å². The topological polar surface area (TPSA) is 52.6 Å². The number of nitrogens with one attached hydrogen (secondary N) is 1. The molecule has 1 aliphatic rings. The Bertz CT molecular complexity index is 165. The lowest BCUT2D eigenvalue weighted by atomic mass is 10.1. The molecule has 4 heteroatoms. The Hall–Kier alpha value is -0.610. The number of aliphatic carboxylic acids is 1. The van der Waals surface area contributed by atoms with Gasteiger partial charge in [-0.1, -0.05) is 6.92 Å². The first kappa shape index (κ1) is 10.5. The fourth-order valence-electron chi connectivity index (χ4n) is 1.55. The van der Waals surface area contributed by atoms with E-state index in [1.165, 1.54) is 0 Å². The molecular formula is C9H18N2O2. The first-order valence-corrected chi connectivity index (χ1v) is 4.86. The Balaban J connectivity index is 2.29. The van der Waals surface area contributed by atoms with Crippen LogP contribution in [-0.4, -0.2) is 48.7 Å². The molecule has 0 bridgehead atoms. The third kappa shape index (κ3) is 3.74. The lowest BCUT2D eigenvalue weighted by molar-refractivity contribution is -0.141. The van der Waals surface area contributed by atoms with Crippen LogP contribution in [0.25, 0.3) is 0 Å². The summed E-state index contributed by atoms with van der Waals surface area (Å²) in [4.78, 5) is 12.8. The lowest BCUT2D eigenvalue weighted by Gasteiger charge is -2.21. The SMILES string of the molecule is CC(CN1CCCNCC1)C(=O)O. The predicted octanol–water partition coefficient (Wildman–Crippen LogP) is 0.00240. The summed E-state index contributed by atoms with van der Waals surface area (Å²) in [5, 5.41) is 12.0. The normalized spacial score (nSPS) is 22.2. The third-order valence-corrected chi connectivity index (χ3v) is 2.39. The summed E-state index contributed by atoms with van der Waals surface area (Å²) in [5.41, 5.74) is 0. The zero-order valence-corrected chi connectivity index (χ0v) is 8.12. The number of hydrogen-bond acceptors (Lipinski definition) is 3. The van der Waals surface area contributed by atoms with Crippen molar-refractivity contribution in [2.75, 3.05) is 32.7 Å². The molecule has 0 radical (unpaired) electrons. The maximum atomic E-state index is 10.6. The van der Waals surface area contributed by atoms with E-state index in [0.29, 0.717) is 6.54 Å². The molecule has 1 saturated heterocycles. The van der Waals surface area contributed by atoms with Crippen molar-refractivity contribution in [3.8, 4) is 0 Å². The second kappa shape index (κ2) is 5.19. The van der Waals surface area contributed by atoms with Gasteiger partial charge in [0.1, 0.15) is 0 Å². The van der Waals surface area contributed by atoms with Crippen molar-refractivity contribution in [2.24, 2.45) is 5.92 Å². The van der Waals surface area contributed by atoms with Crippen molar-refractivity contribution >= 4 is 5.97 Å². The van der Waals surface area contributed by atoms with E-state index < -0.39 is 5.97 Å².